The molecular weight excluding hydrogens is 579 g/mol. The van der Waals surface area contributed by atoms with E-state index >= 15 is 0 Å². The fraction of sp³-hybridized carbons (Fsp3) is 0.143. The zero-order valence-corrected chi connectivity index (χ0v) is 24.4. The lowest BCUT2D eigenvalue weighted by molar-refractivity contribution is -0.119. The van der Waals surface area contributed by atoms with E-state index in [4.69, 9.17) is 34.8 Å². The van der Waals surface area contributed by atoms with E-state index in [1.54, 1.807) is 36.4 Å². The van der Waals surface area contributed by atoms with Gasteiger partial charge >= 0.3 is 0 Å². The maximum atomic E-state index is 13.5. The number of nitrogens with one attached hydrogen (secondary N) is 1. The first-order chi connectivity index (χ1) is 18.5. The minimum atomic E-state index is -4.07. The van der Waals surface area contributed by atoms with Crippen LogP contribution in [0, 0.1) is 20.8 Å². The second-order valence-electron chi connectivity index (χ2n) is 8.83. The summed E-state index contributed by atoms with van der Waals surface area (Å²) in [5, 5.41) is 5.28. The van der Waals surface area contributed by atoms with Crippen molar-refractivity contribution in [3.8, 4) is 5.69 Å². The highest BCUT2D eigenvalue weighted by Gasteiger charge is 2.27. The summed E-state index contributed by atoms with van der Waals surface area (Å²) in [5.41, 5.74) is 6.78. The van der Waals surface area contributed by atoms with Gasteiger partial charge in [0.05, 0.1) is 32.5 Å². The Morgan fingerprint density at radius 2 is 1.67 bits per heavy atom. The monoisotopic (exact) mass is 602 g/mol. The largest absolute Gasteiger partial charge is 0.316 e. The van der Waals surface area contributed by atoms with Gasteiger partial charge in [-0.1, -0.05) is 64.6 Å². The maximum Gasteiger partial charge on any atom is 0.264 e. The smallest absolute Gasteiger partial charge is 0.264 e. The van der Waals surface area contributed by atoms with Gasteiger partial charge in [0.25, 0.3) is 15.9 Å². The van der Waals surface area contributed by atoms with Gasteiger partial charge in [0, 0.05) is 22.0 Å². The molecule has 1 heterocycles. The predicted octanol–water partition coefficient (Wildman–Crippen LogP) is 6.71. The van der Waals surface area contributed by atoms with Crippen molar-refractivity contribution in [3.05, 3.63) is 110 Å². The van der Waals surface area contributed by atoms with Crippen LogP contribution in [0.25, 0.3) is 5.69 Å². The molecule has 1 aromatic heterocycles. The third-order valence-corrected chi connectivity index (χ3v) is 8.86. The summed E-state index contributed by atoms with van der Waals surface area (Å²) in [4.78, 5) is 12.9. The second kappa shape index (κ2) is 11.8. The van der Waals surface area contributed by atoms with E-state index < -0.39 is 22.5 Å². The molecule has 4 rings (SSSR count). The van der Waals surface area contributed by atoms with Crippen LogP contribution >= 0.6 is 34.8 Å². The molecule has 202 valence electrons. The predicted molar refractivity (Wildman–Crippen MR) is 158 cm³/mol. The van der Waals surface area contributed by atoms with E-state index in [0.717, 1.165) is 32.5 Å². The Morgan fingerprint density at radius 1 is 0.974 bits per heavy atom. The molecule has 0 fully saturated rings. The molecule has 4 aromatic rings. The number of anilines is 1. The van der Waals surface area contributed by atoms with E-state index in [9.17, 15) is 13.2 Å². The Hall–Kier alpha value is -3.30. The summed E-state index contributed by atoms with van der Waals surface area (Å²) in [6.07, 6.45) is 1.49. The fourth-order valence-electron chi connectivity index (χ4n) is 4.08. The molecule has 11 heteroatoms. The zero-order chi connectivity index (χ0) is 28.3. The number of aromatic nitrogens is 1. The van der Waals surface area contributed by atoms with Crippen LogP contribution in [0.5, 0.6) is 0 Å². The summed E-state index contributed by atoms with van der Waals surface area (Å²) in [6.45, 7) is 5.16. The molecule has 1 N–H and O–H groups in total. The van der Waals surface area contributed by atoms with Crippen molar-refractivity contribution in [3.63, 3.8) is 0 Å². The first-order valence-corrected chi connectivity index (χ1v) is 14.4. The van der Waals surface area contributed by atoms with Crippen molar-refractivity contribution in [1.82, 2.24) is 9.99 Å². The average molecular weight is 604 g/mol. The molecule has 7 nitrogen and oxygen atoms in total. The molecule has 3 aromatic carbocycles. The highest BCUT2D eigenvalue weighted by Crippen LogP contribution is 2.31. The van der Waals surface area contributed by atoms with Crippen LogP contribution in [-0.4, -0.2) is 31.7 Å². The van der Waals surface area contributed by atoms with Gasteiger partial charge in [0.2, 0.25) is 0 Å². The average Bonchev–Trinajstić information content (AvgIpc) is 3.17. The topological polar surface area (TPSA) is 83.8 Å². The van der Waals surface area contributed by atoms with Crippen LogP contribution in [0.3, 0.4) is 0 Å². The minimum absolute atomic E-state index is 0.0523. The van der Waals surface area contributed by atoms with Gasteiger partial charge in [-0.25, -0.2) is 13.8 Å². The molecule has 1 amide bonds. The van der Waals surface area contributed by atoms with Crippen LogP contribution in [0.15, 0.2) is 82.8 Å². The van der Waals surface area contributed by atoms with E-state index in [1.807, 2.05) is 43.5 Å². The number of aryl methyl sites for hydroxylation is 2. The van der Waals surface area contributed by atoms with Crippen LogP contribution < -0.4 is 9.73 Å². The number of rotatable bonds is 8. The van der Waals surface area contributed by atoms with Gasteiger partial charge in [-0.15, -0.1) is 0 Å². The number of amides is 1. The molecule has 0 aliphatic carbocycles. The molecule has 0 radical (unpaired) electrons. The number of carbonyl (C=O) groups excluding carboxylic acids is 1. The molecule has 39 heavy (non-hydrogen) atoms. The van der Waals surface area contributed by atoms with Crippen LogP contribution in [0.4, 0.5) is 5.69 Å². The molecule has 0 aliphatic heterocycles. The van der Waals surface area contributed by atoms with Crippen LogP contribution in [0.2, 0.25) is 15.1 Å². The third kappa shape index (κ3) is 6.31. The lowest BCUT2D eigenvalue weighted by atomic mass is 10.2. The van der Waals surface area contributed by atoms with Gasteiger partial charge in [0.15, 0.2) is 0 Å². The van der Waals surface area contributed by atoms with E-state index in [2.05, 4.69) is 10.5 Å². The Balaban J connectivity index is 1.57. The van der Waals surface area contributed by atoms with Crippen LogP contribution in [0.1, 0.15) is 22.5 Å². The van der Waals surface area contributed by atoms with Gasteiger partial charge < -0.3 is 4.57 Å². The molecule has 0 atom stereocenters. The third-order valence-electron chi connectivity index (χ3n) is 6.03. The molecular formula is C28H25Cl3N4O3S. The van der Waals surface area contributed by atoms with Crippen LogP contribution in [-0.2, 0) is 14.8 Å². The fourth-order valence-corrected chi connectivity index (χ4v) is 6.05. The molecule has 0 saturated heterocycles. The van der Waals surface area contributed by atoms with Crippen molar-refractivity contribution < 1.29 is 13.2 Å². The van der Waals surface area contributed by atoms with Gasteiger partial charge in [-0.3, -0.25) is 9.10 Å². The normalized spacial score (nSPS) is 11.6. The summed E-state index contributed by atoms with van der Waals surface area (Å²) >= 11 is 18.7. The first kappa shape index (κ1) is 28.7. The number of sulfonamides is 1. The SMILES string of the molecule is Cc1ccc(S(=O)(=O)N(CC(=O)N/N=C\c2cc(C)n(-c3cccc(Cl)c3Cl)c2C)c2cccc(Cl)c2)cc1. The number of carbonyl (C=O) groups is 1. The summed E-state index contributed by atoms with van der Waals surface area (Å²) in [5.74, 6) is -0.631. The van der Waals surface area contributed by atoms with Crippen molar-refractivity contribution in [2.24, 2.45) is 5.10 Å². The summed E-state index contributed by atoms with van der Waals surface area (Å²) in [6, 6.07) is 20.0. The Labute approximate surface area is 242 Å². The number of hydrogen-bond donors (Lipinski definition) is 1. The van der Waals surface area contributed by atoms with E-state index in [1.165, 1.54) is 24.4 Å². The molecule has 0 saturated carbocycles. The van der Waals surface area contributed by atoms with Crippen molar-refractivity contribution in [1.29, 1.82) is 0 Å². The molecule has 0 bridgehead atoms. The molecule has 0 unspecified atom stereocenters. The quantitative estimate of drug-likeness (QED) is 0.180. The van der Waals surface area contributed by atoms with Crippen molar-refractivity contribution in [2.45, 2.75) is 25.7 Å². The highest BCUT2D eigenvalue weighted by atomic mass is 35.5. The Morgan fingerprint density at radius 3 is 2.36 bits per heavy atom. The minimum Gasteiger partial charge on any atom is -0.316 e. The van der Waals surface area contributed by atoms with Gasteiger partial charge in [-0.2, -0.15) is 5.10 Å². The Bertz CT molecular complexity index is 1670. The highest BCUT2D eigenvalue weighted by molar-refractivity contribution is 7.92. The number of benzene rings is 3. The number of hydrogen-bond acceptors (Lipinski definition) is 4. The van der Waals surface area contributed by atoms with Crippen molar-refractivity contribution in [2.75, 3.05) is 10.8 Å². The van der Waals surface area contributed by atoms with E-state index in [-0.39, 0.29) is 10.6 Å². The summed E-state index contributed by atoms with van der Waals surface area (Å²) in [7, 11) is -4.07. The maximum absolute atomic E-state index is 13.5. The second-order valence-corrected chi connectivity index (χ2v) is 11.9. The lowest BCUT2D eigenvalue weighted by Crippen LogP contribution is -2.39. The molecule has 0 spiro atoms. The lowest BCUT2D eigenvalue weighted by Gasteiger charge is -2.24. The Kier molecular flexibility index (Phi) is 8.71. The first-order valence-electron chi connectivity index (χ1n) is 11.8. The van der Waals surface area contributed by atoms with Gasteiger partial charge in [-0.05, 0) is 69.3 Å². The zero-order valence-electron chi connectivity index (χ0n) is 21.3. The van der Waals surface area contributed by atoms with E-state index in [0.29, 0.717) is 15.1 Å². The number of nitrogens with zero attached hydrogens (tertiary/aromatic N) is 3. The number of hydrazone groups is 1. The molecule has 0 aliphatic rings. The van der Waals surface area contributed by atoms with Gasteiger partial charge in [0.1, 0.15) is 6.54 Å². The summed E-state index contributed by atoms with van der Waals surface area (Å²) < 4.78 is 29.9. The van der Waals surface area contributed by atoms with Crippen molar-refractivity contribution >= 4 is 62.6 Å². The standard InChI is InChI=1S/C28H25Cl3N4O3S/c1-18-10-12-24(13-11-18)39(37,38)34(23-7-4-6-22(29)15-23)17-27(36)33-32-16-21-14-19(2)35(20(21)3)26-9-5-8-25(30)28(26)31/h4-16H,17H2,1-3H3,(H,33,36)/b32-16-. The number of halogens is 3.